The minimum absolute atomic E-state index is 0.110. The monoisotopic (exact) mass is 1980 g/mol. The van der Waals surface area contributed by atoms with Crippen molar-refractivity contribution in [2.75, 3.05) is 105 Å². The lowest BCUT2D eigenvalue weighted by molar-refractivity contribution is 0.115. The van der Waals surface area contributed by atoms with Gasteiger partial charge < -0.3 is 69.2 Å². The molecule has 15 aliphatic rings. The van der Waals surface area contributed by atoms with Gasteiger partial charge in [-0.2, -0.15) is 20.4 Å². The van der Waals surface area contributed by atoms with E-state index in [4.69, 9.17) is 44.0 Å². The van der Waals surface area contributed by atoms with Gasteiger partial charge >= 0.3 is 0 Å². The first kappa shape index (κ1) is 91.5. The van der Waals surface area contributed by atoms with Crippen LogP contribution in [0.3, 0.4) is 0 Å². The number of aryl methyl sites for hydroxylation is 1. The summed E-state index contributed by atoms with van der Waals surface area (Å²) in [7, 11) is 6.06. The first-order chi connectivity index (χ1) is 71.4. The number of fused-ring (bicyclic) bond motifs is 17. The van der Waals surface area contributed by atoms with E-state index in [0.717, 1.165) is 308 Å². The van der Waals surface area contributed by atoms with E-state index in [1.54, 1.807) is 79.0 Å². The topological polar surface area (TPSA) is 272 Å². The number of ether oxygens (including phenoxy) is 4. The number of hydrogen-bond acceptors (Lipinski definition) is 26. The fourth-order valence-electron chi connectivity index (χ4n) is 25.1. The van der Waals surface area contributed by atoms with Crippen LogP contribution in [0, 0.1) is 40.9 Å². The summed E-state index contributed by atoms with van der Waals surface area (Å²) < 4.78 is 105. The van der Waals surface area contributed by atoms with Gasteiger partial charge in [0.05, 0.1) is 123 Å². The molecule has 12 aromatic heterocycles. The highest BCUT2D eigenvalue weighted by Crippen LogP contribution is 2.67. The minimum atomic E-state index is -0.374. The lowest BCUT2D eigenvalue weighted by Crippen LogP contribution is -2.54. The molecular formula is C111H114F5N27O4. The first-order valence-electron chi connectivity index (χ1n) is 51.4. The Morgan fingerprint density at radius 3 is 1.43 bits per heavy atom. The lowest BCUT2D eigenvalue weighted by atomic mass is 9.77. The second-order valence-electron chi connectivity index (χ2n) is 42.3. The van der Waals surface area contributed by atoms with Crippen LogP contribution in [0.5, 0.6) is 23.3 Å². The van der Waals surface area contributed by atoms with Gasteiger partial charge in [-0.05, 0) is 249 Å². The molecule has 30 rings (SSSR count). The van der Waals surface area contributed by atoms with Crippen molar-refractivity contribution in [1.29, 1.82) is 0 Å². The van der Waals surface area contributed by atoms with Crippen molar-refractivity contribution in [3.8, 4) is 23.3 Å². The van der Waals surface area contributed by atoms with Crippen LogP contribution in [0.4, 0.5) is 51.0 Å². The first-order valence-corrected chi connectivity index (χ1v) is 51.4. The predicted molar refractivity (Wildman–Crippen MR) is 549 cm³/mol. The molecule has 6 spiro atoms. The van der Waals surface area contributed by atoms with Crippen molar-refractivity contribution in [1.82, 2.24) is 109 Å². The van der Waals surface area contributed by atoms with Crippen LogP contribution in [0.15, 0.2) is 204 Å². The quantitative estimate of drug-likeness (QED) is 0.119. The number of rotatable bonds is 0. The normalized spacial score (nSPS) is 23.9. The Balaban J connectivity index is 0.0000000932. The fraction of sp³-hybridized carbons (Fsp3) is 0.387. The van der Waals surface area contributed by atoms with E-state index < -0.39 is 0 Å². The average molecular weight is 1990 g/mol. The summed E-state index contributed by atoms with van der Waals surface area (Å²) in [5, 5.41) is 33.0. The van der Waals surface area contributed by atoms with Crippen LogP contribution in [0.25, 0.3) is 56.7 Å². The molecule has 147 heavy (non-hydrogen) atoms. The van der Waals surface area contributed by atoms with Gasteiger partial charge in [0.15, 0.2) is 28.2 Å². The number of benzene rings is 3. The maximum Gasteiger partial charge on any atom is 0.219 e. The summed E-state index contributed by atoms with van der Waals surface area (Å²) in [4.78, 5) is 48.6. The summed E-state index contributed by atoms with van der Waals surface area (Å²) in [5.41, 5.74) is 16.9. The van der Waals surface area contributed by atoms with Crippen molar-refractivity contribution < 1.29 is 40.9 Å². The zero-order chi connectivity index (χ0) is 100. The van der Waals surface area contributed by atoms with Gasteiger partial charge in [0.25, 0.3) is 0 Å². The molecule has 3 N–H and O–H groups in total. The Morgan fingerprint density at radius 2 is 0.891 bits per heavy atom. The summed E-state index contributed by atoms with van der Waals surface area (Å²) in [6.45, 7) is 29.9. The number of nitrogens with zero attached hydrogens (tertiary/aromatic N) is 24. The summed E-state index contributed by atoms with van der Waals surface area (Å²) in [5.74, 6) is 6.48. The highest BCUT2D eigenvalue weighted by atomic mass is 19.1. The molecule has 3 aromatic carbocycles. The Bertz CT molecular complexity index is 7730. The predicted octanol–water partition coefficient (Wildman–Crippen LogP) is 17.1. The van der Waals surface area contributed by atoms with E-state index in [0.29, 0.717) is 50.0 Å². The van der Waals surface area contributed by atoms with E-state index in [1.807, 2.05) is 118 Å². The minimum Gasteiger partial charge on any atom is -0.491 e. The molecule has 21 heterocycles. The van der Waals surface area contributed by atoms with Crippen molar-refractivity contribution in [3.05, 3.63) is 295 Å². The van der Waals surface area contributed by atoms with Gasteiger partial charge in [0.1, 0.15) is 101 Å². The van der Waals surface area contributed by atoms with Gasteiger partial charge in [-0.25, -0.2) is 79.4 Å². The average Bonchev–Trinajstić information content (AvgIpc) is 1.52. The zero-order valence-corrected chi connectivity index (χ0v) is 82.6. The molecule has 10 bridgehead atoms. The SMILES string of the molecule is C=C1NC2(CCC2)COc2ncc(F)cc2C2(CC2)N(C)c2ccn3ncc1c3n2.C=C1NCCCc2ccc(F)cc2[C@@]23C[C@@H]2CCN3c2ccn3ncc1c3n2.C=C1NC[C@H](C)Oc2ncc(F)cc2[C@@]23C[C@@H]2CCN3c2ccc3ncc1n3n2.C=C1c2cnn3ccc(nc23)N(C)C2(CC2)c2cc(F)ccc2OC[C@@H]2CCCN12.C=C1c2cnn3ccc(nc23)N(C)C2(CC2)c2cc(F)ccc2OC[C@H]2CCCN12. The third-order valence-corrected chi connectivity index (χ3v) is 34.0. The molecule has 6 saturated carbocycles. The van der Waals surface area contributed by atoms with Gasteiger partial charge in [-0.3, -0.25) is 0 Å². The third kappa shape index (κ3) is 15.3. The van der Waals surface area contributed by atoms with E-state index >= 15 is 0 Å². The number of pyridine rings is 2. The smallest absolute Gasteiger partial charge is 0.219 e. The second-order valence-corrected chi connectivity index (χ2v) is 42.3. The number of hydrogen-bond donors (Lipinski definition) is 3. The van der Waals surface area contributed by atoms with Gasteiger partial charge in [-0.1, -0.05) is 39.0 Å². The standard InChI is InChI=1S/2C23H24FN5O.C22H23FN6O.C22H22FN5.C21H21FN6O/c2*1-15-18-13-25-29-11-7-21(26-22(18)29)27(2)23(8-9-23)19-12-16(24)5-6-20(19)30-14-17-4-3-10-28(15)17;1-14-16-12-25-29-9-4-18(26-19(16)29)28(2)22(7-8-22)17-10-15(23)11-24-20(17)30-13-21(27-14)5-3-6-21;1-14-18-13-25-28-10-7-20(26-21(18)28)27-9-6-16-12-22(16,27)19-11-17(23)5-4-15(19)3-2-8-24-14;1-12-9-23-13(2)17-11-24-18-3-4-19(26-28(17)18)27-6-5-14-8-21(14,27)16-7-15(22)10-25-20(16)29-12/h2*5-7,11-13,17H,1,3-4,8-10,14H2,2H3;4,9-12,27H,1,3,5-8,13H2,2H3;4-5,7,10-11,13,16,24H,1-3,6,8-9,12H2;3-4,7,10-12,14,23H,2,5-6,8-9H2,1H3/t2*17-;;16-,22+;12-,14-,21+/m10.00/s1. The van der Waals surface area contributed by atoms with Crippen molar-refractivity contribution in [3.63, 3.8) is 0 Å². The molecule has 0 amide bonds. The van der Waals surface area contributed by atoms with Crippen molar-refractivity contribution in [2.24, 2.45) is 11.8 Å². The Labute approximate surface area is 845 Å². The molecule has 752 valence electrons. The van der Waals surface area contributed by atoms with Crippen LogP contribution in [0.2, 0.25) is 0 Å². The largest absolute Gasteiger partial charge is 0.491 e. The summed E-state index contributed by atoms with van der Waals surface area (Å²) in [6.07, 6.45) is 38.1. The van der Waals surface area contributed by atoms with Gasteiger partial charge in [-0.15, -0.1) is 5.10 Å². The van der Waals surface area contributed by atoms with Crippen LogP contribution in [-0.2, 0) is 34.1 Å². The van der Waals surface area contributed by atoms with E-state index in [1.165, 1.54) is 30.1 Å². The van der Waals surface area contributed by atoms with Crippen LogP contribution < -0.4 is 59.4 Å². The molecule has 10 fully saturated rings. The van der Waals surface area contributed by atoms with Crippen molar-refractivity contribution in [2.45, 2.75) is 180 Å². The van der Waals surface area contributed by atoms with Crippen molar-refractivity contribution >= 4 is 85.8 Å². The van der Waals surface area contributed by atoms with Gasteiger partial charge in [0.2, 0.25) is 11.8 Å². The van der Waals surface area contributed by atoms with Crippen LogP contribution >= 0.6 is 0 Å². The molecule has 0 radical (unpaired) electrons. The molecule has 15 aromatic rings. The fourth-order valence-corrected chi connectivity index (χ4v) is 25.1. The molecule has 0 unspecified atom stereocenters. The second kappa shape index (κ2) is 34.7. The van der Waals surface area contributed by atoms with Crippen LogP contribution in [-0.4, -0.2) is 197 Å². The molecule has 7 atom stereocenters. The number of halogens is 5. The Kier molecular flexibility index (Phi) is 21.6. The van der Waals surface area contributed by atoms with E-state index in [-0.39, 0.29) is 80.5 Å². The van der Waals surface area contributed by atoms with E-state index in [2.05, 4.69) is 118 Å². The molecule has 6 aliphatic carbocycles. The Hall–Kier alpha value is -15.4. The number of anilines is 5. The summed E-state index contributed by atoms with van der Waals surface area (Å²) in [6, 6.07) is 30.6. The maximum absolute atomic E-state index is 14.3. The third-order valence-electron chi connectivity index (χ3n) is 34.0. The highest BCUT2D eigenvalue weighted by molar-refractivity contribution is 5.79. The molecule has 9 aliphatic heterocycles. The maximum atomic E-state index is 14.3. The summed E-state index contributed by atoms with van der Waals surface area (Å²) >= 11 is 0. The zero-order valence-electron chi connectivity index (χ0n) is 82.6. The molecular weight excluding hydrogens is 1870 g/mol. The molecule has 4 saturated heterocycles. The highest BCUT2D eigenvalue weighted by Gasteiger charge is 2.66. The lowest BCUT2D eigenvalue weighted by Gasteiger charge is -2.43. The van der Waals surface area contributed by atoms with E-state index in [9.17, 15) is 22.0 Å². The number of aromatic nitrogens is 17. The number of piperidine rings is 2. The molecule has 31 nitrogen and oxygen atoms in total. The van der Waals surface area contributed by atoms with Gasteiger partial charge in [0, 0.05) is 124 Å². The number of nitrogens with one attached hydrogen (secondary N) is 3. The number of imidazole rings is 1. The van der Waals surface area contributed by atoms with Crippen LogP contribution in [0.1, 0.15) is 184 Å². The Morgan fingerprint density at radius 1 is 0.415 bits per heavy atom. The molecule has 36 heteroatoms.